The molecule has 0 heterocycles. The van der Waals surface area contributed by atoms with E-state index in [1.807, 2.05) is 0 Å². The van der Waals surface area contributed by atoms with Gasteiger partial charge < -0.3 is 26.2 Å². The van der Waals surface area contributed by atoms with Crippen molar-refractivity contribution in [3.63, 3.8) is 0 Å². The second-order valence-electron chi connectivity index (χ2n) is 2.35. The lowest BCUT2D eigenvalue weighted by Gasteiger charge is -2.08. The number of amidine groups is 1. The van der Waals surface area contributed by atoms with Crippen molar-refractivity contribution in [3.05, 3.63) is 11.5 Å². The molecule has 0 rings (SSSR count). The SMILES string of the molecule is CCOC(=O)C(/C(N)=N/N)=C(\O)OCC. The number of hydrogen-bond acceptors (Lipinski definition) is 6. The summed E-state index contributed by atoms with van der Waals surface area (Å²) in [6, 6.07) is 0. The van der Waals surface area contributed by atoms with Crippen molar-refractivity contribution in [1.29, 1.82) is 0 Å². The van der Waals surface area contributed by atoms with Crippen molar-refractivity contribution in [2.75, 3.05) is 13.2 Å². The minimum Gasteiger partial charge on any atom is -0.480 e. The molecule has 0 saturated carbocycles. The Morgan fingerprint density at radius 3 is 2.27 bits per heavy atom. The minimum absolute atomic E-state index is 0.138. The number of nitrogens with two attached hydrogens (primary N) is 2. The molecule has 15 heavy (non-hydrogen) atoms. The third-order valence-electron chi connectivity index (χ3n) is 1.37. The van der Waals surface area contributed by atoms with E-state index < -0.39 is 11.9 Å². The van der Waals surface area contributed by atoms with Crippen LogP contribution in [0.25, 0.3) is 0 Å². The van der Waals surface area contributed by atoms with Gasteiger partial charge in [0.1, 0.15) is 0 Å². The maximum Gasteiger partial charge on any atom is 0.349 e. The average molecular weight is 217 g/mol. The molecule has 0 aromatic carbocycles. The fraction of sp³-hybridized carbons (Fsp3) is 0.500. The van der Waals surface area contributed by atoms with Crippen molar-refractivity contribution in [2.45, 2.75) is 13.8 Å². The molecule has 0 aliphatic rings. The Kier molecular flexibility index (Phi) is 5.69. The van der Waals surface area contributed by atoms with Gasteiger partial charge in [0, 0.05) is 0 Å². The molecule has 0 bridgehead atoms. The Bertz CT molecular complexity index is 286. The molecule has 0 aromatic rings. The first-order valence-corrected chi connectivity index (χ1v) is 4.35. The summed E-state index contributed by atoms with van der Waals surface area (Å²) in [5, 5.41) is 12.4. The van der Waals surface area contributed by atoms with E-state index >= 15 is 0 Å². The maximum atomic E-state index is 11.3. The van der Waals surface area contributed by atoms with Crippen LogP contribution in [0, 0.1) is 0 Å². The van der Waals surface area contributed by atoms with Crippen molar-refractivity contribution >= 4 is 11.8 Å². The lowest BCUT2D eigenvalue weighted by molar-refractivity contribution is -0.138. The quantitative estimate of drug-likeness (QED) is 0.109. The molecule has 0 atom stereocenters. The summed E-state index contributed by atoms with van der Waals surface area (Å²) in [4.78, 5) is 11.3. The van der Waals surface area contributed by atoms with E-state index in [1.54, 1.807) is 13.8 Å². The van der Waals surface area contributed by atoms with E-state index in [4.69, 9.17) is 16.3 Å². The Balaban J connectivity index is 5.05. The van der Waals surface area contributed by atoms with E-state index in [1.165, 1.54) is 0 Å². The smallest absolute Gasteiger partial charge is 0.349 e. The minimum atomic E-state index is -0.838. The van der Waals surface area contributed by atoms with Crippen LogP contribution in [0.1, 0.15) is 13.8 Å². The van der Waals surface area contributed by atoms with Crippen molar-refractivity contribution in [2.24, 2.45) is 16.7 Å². The first-order chi connectivity index (χ1) is 7.08. The van der Waals surface area contributed by atoms with Crippen LogP contribution in [-0.4, -0.2) is 30.1 Å². The van der Waals surface area contributed by atoms with Gasteiger partial charge in [-0.3, -0.25) is 0 Å². The lowest BCUT2D eigenvalue weighted by Crippen LogP contribution is -2.26. The Labute approximate surface area is 87.3 Å². The van der Waals surface area contributed by atoms with Gasteiger partial charge in [0.25, 0.3) is 5.95 Å². The molecule has 7 nitrogen and oxygen atoms in total. The number of carbonyl (C=O) groups is 1. The molecule has 5 N–H and O–H groups in total. The summed E-state index contributed by atoms with van der Waals surface area (Å²) >= 11 is 0. The molecule has 86 valence electrons. The second kappa shape index (κ2) is 6.52. The highest BCUT2D eigenvalue weighted by Gasteiger charge is 2.22. The van der Waals surface area contributed by atoms with Crippen LogP contribution in [0.4, 0.5) is 0 Å². The van der Waals surface area contributed by atoms with Gasteiger partial charge in [-0.1, -0.05) is 0 Å². The Morgan fingerprint density at radius 2 is 1.87 bits per heavy atom. The Morgan fingerprint density at radius 1 is 1.33 bits per heavy atom. The lowest BCUT2D eigenvalue weighted by atomic mass is 10.2. The highest BCUT2D eigenvalue weighted by Crippen LogP contribution is 2.06. The summed E-state index contributed by atoms with van der Waals surface area (Å²) in [6.45, 7) is 3.56. The fourth-order valence-electron chi connectivity index (χ4n) is 0.778. The van der Waals surface area contributed by atoms with Crippen molar-refractivity contribution in [1.82, 2.24) is 0 Å². The fourth-order valence-corrected chi connectivity index (χ4v) is 0.778. The van der Waals surface area contributed by atoms with Gasteiger partial charge in [-0.2, -0.15) is 5.10 Å². The Hall–Kier alpha value is -1.92. The summed E-state index contributed by atoms with van der Waals surface area (Å²) in [5.41, 5.74) is 4.93. The number of hydrogen-bond donors (Lipinski definition) is 3. The molecule has 0 fully saturated rings. The van der Waals surface area contributed by atoms with Crippen LogP contribution in [0.3, 0.4) is 0 Å². The zero-order valence-electron chi connectivity index (χ0n) is 8.69. The number of carbonyl (C=O) groups excluding carboxylic acids is 1. The zero-order valence-corrected chi connectivity index (χ0v) is 8.69. The number of nitrogens with zero attached hydrogens (tertiary/aromatic N) is 1. The van der Waals surface area contributed by atoms with E-state index in [0.29, 0.717) is 0 Å². The molecule has 0 aromatic heterocycles. The van der Waals surface area contributed by atoms with E-state index in [2.05, 4.69) is 9.84 Å². The van der Waals surface area contributed by atoms with Gasteiger partial charge in [-0.25, -0.2) is 4.79 Å². The molecule has 0 amide bonds. The number of aliphatic hydroxyl groups excluding tert-OH is 1. The molecule has 0 unspecified atom stereocenters. The van der Waals surface area contributed by atoms with Gasteiger partial charge >= 0.3 is 5.97 Å². The number of rotatable bonds is 5. The third kappa shape index (κ3) is 3.75. The number of hydrazone groups is 1. The molecular weight excluding hydrogens is 202 g/mol. The molecule has 0 aliphatic carbocycles. The third-order valence-corrected chi connectivity index (χ3v) is 1.37. The van der Waals surface area contributed by atoms with E-state index in [9.17, 15) is 9.90 Å². The number of esters is 1. The summed E-state index contributed by atoms with van der Waals surface area (Å²) in [7, 11) is 0. The normalized spacial score (nSPS) is 13.1. The van der Waals surface area contributed by atoms with Crippen LogP contribution in [-0.2, 0) is 14.3 Å². The summed E-state index contributed by atoms with van der Waals surface area (Å²) in [5.74, 6) is 3.06. The van der Waals surface area contributed by atoms with Crippen molar-refractivity contribution in [3.8, 4) is 0 Å². The molecular formula is C8H15N3O4. The summed E-state index contributed by atoms with van der Waals surface area (Å²) in [6.07, 6.45) is 0. The predicted molar refractivity (Wildman–Crippen MR) is 53.7 cm³/mol. The molecule has 0 saturated heterocycles. The average Bonchev–Trinajstić information content (AvgIpc) is 2.18. The number of aliphatic hydroxyl groups is 1. The zero-order chi connectivity index (χ0) is 11.8. The number of ether oxygens (including phenoxy) is 2. The second-order valence-corrected chi connectivity index (χ2v) is 2.35. The molecule has 0 aliphatic heterocycles. The summed E-state index contributed by atoms with van der Waals surface area (Å²) < 4.78 is 9.35. The van der Waals surface area contributed by atoms with E-state index in [-0.39, 0.29) is 24.6 Å². The van der Waals surface area contributed by atoms with Crippen LogP contribution in [0.15, 0.2) is 16.6 Å². The van der Waals surface area contributed by atoms with Crippen LogP contribution in [0.2, 0.25) is 0 Å². The maximum absolute atomic E-state index is 11.3. The largest absolute Gasteiger partial charge is 0.480 e. The van der Waals surface area contributed by atoms with Gasteiger partial charge in [-0.05, 0) is 13.8 Å². The van der Waals surface area contributed by atoms with Gasteiger partial charge in [0.05, 0.1) is 13.2 Å². The first kappa shape index (κ1) is 13.1. The topological polar surface area (TPSA) is 120 Å². The highest BCUT2D eigenvalue weighted by atomic mass is 16.6. The molecule has 0 spiro atoms. The van der Waals surface area contributed by atoms with E-state index in [0.717, 1.165) is 0 Å². The van der Waals surface area contributed by atoms with Gasteiger partial charge in [0.15, 0.2) is 11.4 Å². The first-order valence-electron chi connectivity index (χ1n) is 4.35. The van der Waals surface area contributed by atoms with Crippen molar-refractivity contribution < 1.29 is 19.4 Å². The van der Waals surface area contributed by atoms with Crippen LogP contribution >= 0.6 is 0 Å². The van der Waals surface area contributed by atoms with Gasteiger partial charge in [-0.15, -0.1) is 0 Å². The molecule has 7 heteroatoms. The molecule has 0 radical (unpaired) electrons. The predicted octanol–water partition coefficient (Wildman–Crippen LogP) is -0.413. The van der Waals surface area contributed by atoms with Gasteiger partial charge in [0.2, 0.25) is 0 Å². The monoisotopic (exact) mass is 217 g/mol. The standard InChI is InChI=1S/C8H15N3O4/c1-3-14-7(12)5(6(9)11-10)8(13)15-4-2/h12H,3-4,10H2,1-2H3,(H2,9,11)/b7-5+. The highest BCUT2D eigenvalue weighted by molar-refractivity contribution is 6.18. The van der Waals surface area contributed by atoms with Crippen LogP contribution < -0.4 is 11.6 Å². The van der Waals surface area contributed by atoms with Crippen LogP contribution in [0.5, 0.6) is 0 Å².